The summed E-state index contributed by atoms with van der Waals surface area (Å²) in [5.41, 5.74) is 1.03. The highest BCUT2D eigenvalue weighted by molar-refractivity contribution is 5.66. The molecule has 1 fully saturated rings. The molecule has 9 heteroatoms. The molecule has 1 N–H and O–H groups in total. The van der Waals surface area contributed by atoms with Crippen LogP contribution in [-0.2, 0) is 0 Å². The molecule has 1 amide bonds. The Kier molecular flexibility index (Phi) is 3.24. The van der Waals surface area contributed by atoms with Gasteiger partial charge in [-0.3, -0.25) is 10.1 Å². The molecule has 9 nitrogen and oxygen atoms in total. The second-order valence-corrected chi connectivity index (χ2v) is 5.10. The van der Waals surface area contributed by atoms with Crippen LogP contribution in [0.4, 0.5) is 10.5 Å². The highest BCUT2D eigenvalue weighted by atomic mass is 16.6. The zero-order valence-electron chi connectivity index (χ0n) is 11.6. The predicted molar refractivity (Wildman–Crippen MR) is 73.5 cm³/mol. The molecule has 0 atom stereocenters. The van der Waals surface area contributed by atoms with Gasteiger partial charge in [0.15, 0.2) is 0 Å². The van der Waals surface area contributed by atoms with Gasteiger partial charge in [0.2, 0.25) is 11.7 Å². The largest absolute Gasteiger partial charge is 0.465 e. The van der Waals surface area contributed by atoms with Gasteiger partial charge in [0.05, 0.1) is 10.8 Å². The van der Waals surface area contributed by atoms with Gasteiger partial charge in [0.25, 0.3) is 5.69 Å². The van der Waals surface area contributed by atoms with Gasteiger partial charge in [-0.15, -0.1) is 0 Å². The van der Waals surface area contributed by atoms with Crippen LogP contribution in [0.5, 0.6) is 0 Å². The maximum atomic E-state index is 11.0. The zero-order valence-corrected chi connectivity index (χ0v) is 11.6. The first-order valence-electron chi connectivity index (χ1n) is 6.52. The minimum Gasteiger partial charge on any atom is -0.465 e. The Morgan fingerprint density at radius 2 is 2.23 bits per heavy atom. The van der Waals surface area contributed by atoms with Gasteiger partial charge in [-0.1, -0.05) is 17.3 Å². The first-order chi connectivity index (χ1) is 10.5. The van der Waals surface area contributed by atoms with Crippen LogP contribution < -0.4 is 0 Å². The summed E-state index contributed by atoms with van der Waals surface area (Å²) in [5, 5.41) is 23.6. The van der Waals surface area contributed by atoms with E-state index in [0.29, 0.717) is 30.1 Å². The van der Waals surface area contributed by atoms with Crippen LogP contribution in [0.2, 0.25) is 0 Å². The molecule has 1 aromatic heterocycles. The quantitative estimate of drug-likeness (QED) is 0.679. The van der Waals surface area contributed by atoms with E-state index in [1.54, 1.807) is 19.1 Å². The third-order valence-electron chi connectivity index (χ3n) is 3.61. The zero-order chi connectivity index (χ0) is 15.9. The van der Waals surface area contributed by atoms with Gasteiger partial charge in [-0.25, -0.2) is 4.79 Å². The molecule has 3 rings (SSSR count). The van der Waals surface area contributed by atoms with E-state index in [1.165, 1.54) is 11.0 Å². The number of rotatable bonds is 3. The summed E-state index contributed by atoms with van der Waals surface area (Å²) in [5.74, 6) is 0.473. The van der Waals surface area contributed by atoms with Gasteiger partial charge in [0, 0.05) is 30.3 Å². The van der Waals surface area contributed by atoms with Gasteiger partial charge < -0.3 is 14.5 Å². The molecule has 2 heterocycles. The summed E-state index contributed by atoms with van der Waals surface area (Å²) in [6.07, 6.45) is -0.981. The van der Waals surface area contributed by atoms with E-state index in [2.05, 4.69) is 10.1 Å². The standard InChI is InChI=1S/C13H12N4O5/c1-7-2-3-8(4-10(7)17(20)21)11-14-12(22-15-11)9-5-16(6-9)13(18)19/h2-4,9H,5-6H2,1H3,(H,18,19). The van der Waals surface area contributed by atoms with E-state index in [0.717, 1.165) is 0 Å². The second kappa shape index (κ2) is 5.10. The molecule has 0 spiro atoms. The number of nitro benzene ring substituents is 1. The summed E-state index contributed by atoms with van der Waals surface area (Å²) in [4.78, 5) is 26.7. The molecule has 0 saturated carbocycles. The van der Waals surface area contributed by atoms with E-state index in [4.69, 9.17) is 9.63 Å². The van der Waals surface area contributed by atoms with Crippen molar-refractivity contribution >= 4 is 11.8 Å². The fourth-order valence-corrected chi connectivity index (χ4v) is 2.25. The van der Waals surface area contributed by atoms with E-state index < -0.39 is 11.0 Å². The van der Waals surface area contributed by atoms with Gasteiger partial charge >= 0.3 is 6.09 Å². The monoisotopic (exact) mass is 304 g/mol. The fraction of sp³-hybridized carbons (Fsp3) is 0.308. The summed E-state index contributed by atoms with van der Waals surface area (Å²) < 4.78 is 5.13. The van der Waals surface area contributed by atoms with Crippen molar-refractivity contribution in [1.82, 2.24) is 15.0 Å². The third kappa shape index (κ3) is 2.36. The lowest BCUT2D eigenvalue weighted by Gasteiger charge is -2.34. The molecule has 22 heavy (non-hydrogen) atoms. The number of likely N-dealkylation sites (tertiary alicyclic amines) is 1. The van der Waals surface area contributed by atoms with Crippen LogP contribution in [0.25, 0.3) is 11.4 Å². The van der Waals surface area contributed by atoms with Crippen LogP contribution in [-0.4, -0.2) is 44.3 Å². The molecule has 1 aliphatic rings. The molecular weight excluding hydrogens is 292 g/mol. The van der Waals surface area contributed by atoms with Gasteiger partial charge in [-0.05, 0) is 6.92 Å². The number of carboxylic acid groups (broad SMARTS) is 1. The van der Waals surface area contributed by atoms with Crippen molar-refractivity contribution in [1.29, 1.82) is 0 Å². The van der Waals surface area contributed by atoms with Crippen molar-refractivity contribution in [3.8, 4) is 11.4 Å². The third-order valence-corrected chi connectivity index (χ3v) is 3.61. The molecule has 0 unspecified atom stereocenters. The lowest BCUT2D eigenvalue weighted by molar-refractivity contribution is -0.385. The summed E-state index contributed by atoms with van der Waals surface area (Å²) >= 11 is 0. The lowest BCUT2D eigenvalue weighted by Crippen LogP contribution is -2.47. The number of nitrogens with zero attached hydrogens (tertiary/aromatic N) is 4. The molecule has 1 saturated heterocycles. The molecule has 1 aliphatic heterocycles. The van der Waals surface area contributed by atoms with E-state index in [1.807, 2.05) is 0 Å². The summed E-state index contributed by atoms with van der Waals surface area (Å²) in [6.45, 7) is 2.27. The SMILES string of the molecule is Cc1ccc(-c2noc(C3CN(C(=O)O)C3)n2)cc1[N+](=O)[O-]. The number of aryl methyl sites for hydroxylation is 1. The predicted octanol–water partition coefficient (Wildman–Crippen LogP) is 2.03. The van der Waals surface area contributed by atoms with E-state index in [-0.39, 0.29) is 17.4 Å². The lowest BCUT2D eigenvalue weighted by atomic mass is 10.0. The second-order valence-electron chi connectivity index (χ2n) is 5.10. The van der Waals surface area contributed by atoms with Crippen LogP contribution in [0.3, 0.4) is 0 Å². The first-order valence-corrected chi connectivity index (χ1v) is 6.52. The van der Waals surface area contributed by atoms with Crippen molar-refractivity contribution in [2.75, 3.05) is 13.1 Å². The summed E-state index contributed by atoms with van der Waals surface area (Å²) in [7, 11) is 0. The van der Waals surface area contributed by atoms with Crippen molar-refractivity contribution < 1.29 is 19.3 Å². The van der Waals surface area contributed by atoms with Crippen LogP contribution in [0.1, 0.15) is 17.4 Å². The van der Waals surface area contributed by atoms with Crippen LogP contribution in [0.15, 0.2) is 22.7 Å². The van der Waals surface area contributed by atoms with Gasteiger partial charge in [0.1, 0.15) is 0 Å². The van der Waals surface area contributed by atoms with Crippen molar-refractivity contribution in [3.63, 3.8) is 0 Å². The average molecular weight is 304 g/mol. The number of amides is 1. The number of hydrogen-bond donors (Lipinski definition) is 1. The average Bonchev–Trinajstić information content (AvgIpc) is 2.86. The topological polar surface area (TPSA) is 123 Å². The van der Waals surface area contributed by atoms with Crippen molar-refractivity contribution in [3.05, 3.63) is 39.8 Å². The number of nitro groups is 1. The Morgan fingerprint density at radius 1 is 1.50 bits per heavy atom. The van der Waals surface area contributed by atoms with Crippen molar-refractivity contribution in [2.24, 2.45) is 0 Å². The number of carbonyl (C=O) groups is 1. The molecule has 0 aliphatic carbocycles. The molecule has 2 aromatic rings. The number of aromatic nitrogens is 2. The van der Waals surface area contributed by atoms with Crippen LogP contribution >= 0.6 is 0 Å². The highest BCUT2D eigenvalue weighted by Gasteiger charge is 2.35. The molecular formula is C13H12N4O5. The number of benzene rings is 1. The maximum Gasteiger partial charge on any atom is 0.407 e. The normalized spacial score (nSPS) is 14.7. The Morgan fingerprint density at radius 3 is 2.86 bits per heavy atom. The minimum atomic E-state index is -0.981. The van der Waals surface area contributed by atoms with Gasteiger partial charge in [-0.2, -0.15) is 4.98 Å². The fourth-order valence-electron chi connectivity index (χ4n) is 2.25. The Bertz CT molecular complexity index is 751. The molecule has 114 valence electrons. The minimum absolute atomic E-state index is 0.00968. The first kappa shape index (κ1) is 14.0. The Labute approximate surface area is 124 Å². The molecule has 0 radical (unpaired) electrons. The molecule has 0 bridgehead atoms. The van der Waals surface area contributed by atoms with E-state index >= 15 is 0 Å². The summed E-state index contributed by atoms with van der Waals surface area (Å²) in [6, 6.07) is 4.70. The Hall–Kier alpha value is -2.97. The highest BCUT2D eigenvalue weighted by Crippen LogP contribution is 2.29. The smallest absolute Gasteiger partial charge is 0.407 e. The van der Waals surface area contributed by atoms with Crippen molar-refractivity contribution in [2.45, 2.75) is 12.8 Å². The Balaban J connectivity index is 1.81. The van der Waals surface area contributed by atoms with Crippen LogP contribution in [0, 0.1) is 17.0 Å². The number of hydrogen-bond acceptors (Lipinski definition) is 6. The molecule has 1 aromatic carbocycles. The maximum absolute atomic E-state index is 11.0. The van der Waals surface area contributed by atoms with E-state index in [9.17, 15) is 14.9 Å².